The van der Waals surface area contributed by atoms with E-state index in [0.29, 0.717) is 12.0 Å². The molecule has 124 valence electrons. The molecule has 2 aliphatic carbocycles. The van der Waals surface area contributed by atoms with Crippen LogP contribution in [0.25, 0.3) is 0 Å². The van der Waals surface area contributed by atoms with Crippen molar-refractivity contribution in [2.45, 2.75) is 52.0 Å². The third-order valence-corrected chi connectivity index (χ3v) is 6.90. The normalized spacial score (nSPS) is 33.4. The van der Waals surface area contributed by atoms with Gasteiger partial charge in [-0.25, -0.2) is 0 Å². The number of aryl methyl sites for hydroxylation is 2. The van der Waals surface area contributed by atoms with Gasteiger partial charge >= 0.3 is 0 Å². The van der Waals surface area contributed by atoms with Gasteiger partial charge in [0.25, 0.3) is 0 Å². The van der Waals surface area contributed by atoms with E-state index in [-0.39, 0.29) is 16.7 Å². The Morgan fingerprint density at radius 3 is 2.26 bits per heavy atom. The highest BCUT2D eigenvalue weighted by Gasteiger charge is 2.66. The molecule has 4 rings (SSSR count). The minimum atomic E-state index is -0.247. The molecule has 3 aliphatic rings. The Labute approximate surface area is 139 Å². The highest BCUT2D eigenvalue weighted by atomic mass is 16.1. The number of fused-ring (bicyclic) bond motifs is 2. The zero-order valence-corrected chi connectivity index (χ0v) is 14.3. The van der Waals surface area contributed by atoms with Gasteiger partial charge in [-0.3, -0.25) is 9.69 Å². The average molecular weight is 312 g/mol. The van der Waals surface area contributed by atoms with E-state index in [1.165, 1.54) is 24.0 Å². The summed E-state index contributed by atoms with van der Waals surface area (Å²) in [6, 6.07) is 9.46. The molecule has 2 fully saturated rings. The Balaban J connectivity index is 1.51. The Hall–Kier alpha value is -1.35. The Kier molecular flexibility index (Phi) is 3.35. The number of rotatable bonds is 2. The molecule has 0 aromatic heterocycles. The summed E-state index contributed by atoms with van der Waals surface area (Å²) < 4.78 is 0. The third-order valence-electron chi connectivity index (χ3n) is 6.90. The number of carbonyl (C=O) groups is 1. The lowest BCUT2D eigenvalue weighted by molar-refractivity contribution is -0.148. The standard InChI is InChI=1S/C20H28N2O/c1-19(2)12-20(18(21)23)13-22(11-17(19)20)16-9-7-14-5-3-4-6-15(14)8-10-16/h3-6,16-17H,7-13H2,1-2H3,(H2,21,23)/t17-,20+/m1/s1. The van der Waals surface area contributed by atoms with E-state index in [0.717, 1.165) is 32.4 Å². The van der Waals surface area contributed by atoms with Gasteiger partial charge in [0.05, 0.1) is 5.41 Å². The first kappa shape index (κ1) is 15.2. The molecule has 2 N–H and O–H groups in total. The first-order chi connectivity index (χ1) is 10.9. The smallest absolute Gasteiger partial charge is 0.225 e. The van der Waals surface area contributed by atoms with Gasteiger partial charge in [-0.2, -0.15) is 0 Å². The first-order valence-corrected chi connectivity index (χ1v) is 9.03. The molecule has 1 aliphatic heterocycles. The molecule has 1 heterocycles. The third kappa shape index (κ3) is 2.24. The second-order valence-electron chi connectivity index (χ2n) is 8.67. The molecular formula is C20H28N2O. The number of nitrogens with two attached hydrogens (primary N) is 1. The molecule has 1 aromatic rings. The second-order valence-corrected chi connectivity index (χ2v) is 8.67. The van der Waals surface area contributed by atoms with E-state index < -0.39 is 0 Å². The summed E-state index contributed by atoms with van der Waals surface area (Å²) in [5.74, 6) is 0.374. The van der Waals surface area contributed by atoms with Crippen LogP contribution in [0.3, 0.4) is 0 Å². The Morgan fingerprint density at radius 1 is 1.17 bits per heavy atom. The fourth-order valence-corrected chi connectivity index (χ4v) is 5.74. The molecule has 0 bridgehead atoms. The van der Waals surface area contributed by atoms with E-state index in [2.05, 4.69) is 43.0 Å². The summed E-state index contributed by atoms with van der Waals surface area (Å²) in [7, 11) is 0. The molecule has 1 saturated heterocycles. The van der Waals surface area contributed by atoms with Crippen LogP contribution in [-0.2, 0) is 17.6 Å². The zero-order chi connectivity index (χ0) is 16.2. The first-order valence-electron chi connectivity index (χ1n) is 9.03. The maximum atomic E-state index is 12.1. The number of hydrogen-bond donors (Lipinski definition) is 1. The summed E-state index contributed by atoms with van der Waals surface area (Å²) in [5, 5.41) is 0. The number of benzene rings is 1. The molecule has 0 radical (unpaired) electrons. The predicted molar refractivity (Wildman–Crippen MR) is 92.0 cm³/mol. The van der Waals surface area contributed by atoms with Gasteiger partial charge in [-0.15, -0.1) is 0 Å². The van der Waals surface area contributed by atoms with Gasteiger partial charge in [-0.05, 0) is 54.6 Å². The summed E-state index contributed by atoms with van der Waals surface area (Å²) >= 11 is 0. The fourth-order valence-electron chi connectivity index (χ4n) is 5.74. The van der Waals surface area contributed by atoms with E-state index in [9.17, 15) is 4.79 Å². The van der Waals surface area contributed by atoms with E-state index in [1.54, 1.807) is 0 Å². The van der Waals surface area contributed by atoms with Crippen molar-refractivity contribution in [1.82, 2.24) is 4.90 Å². The van der Waals surface area contributed by atoms with Crippen molar-refractivity contribution in [2.75, 3.05) is 13.1 Å². The molecular weight excluding hydrogens is 284 g/mol. The van der Waals surface area contributed by atoms with Crippen molar-refractivity contribution in [3.8, 4) is 0 Å². The van der Waals surface area contributed by atoms with Crippen LogP contribution in [0.1, 0.15) is 44.2 Å². The number of amides is 1. The summed E-state index contributed by atoms with van der Waals surface area (Å²) in [5.41, 5.74) is 8.87. The van der Waals surface area contributed by atoms with Crippen LogP contribution >= 0.6 is 0 Å². The van der Waals surface area contributed by atoms with Gasteiger partial charge < -0.3 is 5.73 Å². The van der Waals surface area contributed by atoms with Crippen molar-refractivity contribution in [1.29, 1.82) is 0 Å². The highest BCUT2D eigenvalue weighted by Crippen LogP contribution is 2.63. The Bertz CT molecular complexity index is 611. The number of carbonyl (C=O) groups excluding carboxylic acids is 1. The van der Waals surface area contributed by atoms with E-state index in [1.807, 2.05) is 0 Å². The van der Waals surface area contributed by atoms with Crippen LogP contribution in [0.5, 0.6) is 0 Å². The quantitative estimate of drug-likeness (QED) is 0.854. The van der Waals surface area contributed by atoms with E-state index >= 15 is 0 Å². The van der Waals surface area contributed by atoms with Gasteiger partial charge in [-0.1, -0.05) is 38.1 Å². The van der Waals surface area contributed by atoms with E-state index in [4.69, 9.17) is 5.73 Å². The van der Waals surface area contributed by atoms with Crippen LogP contribution in [0.4, 0.5) is 0 Å². The number of hydrogen-bond acceptors (Lipinski definition) is 2. The van der Waals surface area contributed by atoms with Gasteiger partial charge in [0, 0.05) is 19.1 Å². The number of primary amides is 1. The average Bonchev–Trinajstić information content (AvgIpc) is 2.71. The van der Waals surface area contributed by atoms with Crippen LogP contribution in [0.15, 0.2) is 24.3 Å². The van der Waals surface area contributed by atoms with Crippen LogP contribution in [-0.4, -0.2) is 29.9 Å². The number of likely N-dealkylation sites (tertiary alicyclic amines) is 1. The minimum absolute atomic E-state index is 0.0683. The van der Waals surface area contributed by atoms with Crippen molar-refractivity contribution < 1.29 is 4.79 Å². The summed E-state index contributed by atoms with van der Waals surface area (Å²) in [6.07, 6.45) is 5.70. The zero-order valence-electron chi connectivity index (χ0n) is 14.3. The molecule has 0 unspecified atom stereocenters. The van der Waals surface area contributed by atoms with Crippen molar-refractivity contribution in [2.24, 2.45) is 22.5 Å². The Morgan fingerprint density at radius 2 is 1.78 bits per heavy atom. The lowest BCUT2D eigenvalue weighted by Crippen LogP contribution is -2.59. The molecule has 3 nitrogen and oxygen atoms in total. The molecule has 3 heteroatoms. The molecule has 1 saturated carbocycles. The second kappa shape index (κ2) is 5.07. The van der Waals surface area contributed by atoms with Crippen LogP contribution in [0.2, 0.25) is 0 Å². The minimum Gasteiger partial charge on any atom is -0.369 e. The highest BCUT2D eigenvalue weighted by molar-refractivity contribution is 5.83. The largest absolute Gasteiger partial charge is 0.369 e. The lowest BCUT2D eigenvalue weighted by atomic mass is 9.48. The van der Waals surface area contributed by atoms with Crippen molar-refractivity contribution in [3.63, 3.8) is 0 Å². The van der Waals surface area contributed by atoms with Gasteiger partial charge in [0.2, 0.25) is 5.91 Å². The van der Waals surface area contributed by atoms with Gasteiger partial charge in [0.15, 0.2) is 0 Å². The molecule has 1 aromatic carbocycles. The topological polar surface area (TPSA) is 46.3 Å². The van der Waals surface area contributed by atoms with Crippen LogP contribution in [0, 0.1) is 16.7 Å². The van der Waals surface area contributed by atoms with Crippen molar-refractivity contribution >= 4 is 5.91 Å². The SMILES string of the molecule is CC1(C)C[C@]2(C(N)=O)CN(C3CCc4ccccc4CC3)C[C@H]12. The molecule has 0 spiro atoms. The summed E-state index contributed by atoms with van der Waals surface area (Å²) in [6.45, 7) is 6.53. The lowest BCUT2D eigenvalue weighted by Gasteiger charge is -2.54. The van der Waals surface area contributed by atoms with Crippen molar-refractivity contribution in [3.05, 3.63) is 35.4 Å². The van der Waals surface area contributed by atoms with Crippen LogP contribution < -0.4 is 5.73 Å². The molecule has 23 heavy (non-hydrogen) atoms. The predicted octanol–water partition coefficient (Wildman–Crippen LogP) is 2.77. The monoisotopic (exact) mass is 312 g/mol. The van der Waals surface area contributed by atoms with Gasteiger partial charge in [0.1, 0.15) is 0 Å². The maximum absolute atomic E-state index is 12.1. The molecule has 2 atom stereocenters. The summed E-state index contributed by atoms with van der Waals surface area (Å²) in [4.78, 5) is 14.7. The maximum Gasteiger partial charge on any atom is 0.225 e. The number of nitrogens with zero attached hydrogens (tertiary/aromatic N) is 1. The molecule has 1 amide bonds. The fraction of sp³-hybridized carbons (Fsp3) is 0.650.